The van der Waals surface area contributed by atoms with E-state index in [4.69, 9.17) is 4.63 Å². The van der Waals surface area contributed by atoms with E-state index in [-0.39, 0.29) is 11.8 Å². The van der Waals surface area contributed by atoms with Gasteiger partial charge in [-0.2, -0.15) is 0 Å². The summed E-state index contributed by atoms with van der Waals surface area (Å²) in [5.41, 5.74) is 1.79. The monoisotopic (exact) mass is 289 g/mol. The van der Waals surface area contributed by atoms with Crippen molar-refractivity contribution in [2.45, 2.75) is 30.6 Å². The molecular formula is C14H15N3O2S. The lowest BCUT2D eigenvalue weighted by Crippen LogP contribution is -2.21. The maximum absolute atomic E-state index is 12.4. The second kappa shape index (κ2) is 5.66. The highest BCUT2D eigenvalue weighted by atomic mass is 32.2. The number of carbonyl (C=O) groups is 1. The van der Waals surface area contributed by atoms with Gasteiger partial charge in [0.05, 0.1) is 5.92 Å². The Hall–Kier alpha value is -1.82. The fourth-order valence-corrected chi connectivity index (χ4v) is 3.51. The molecule has 1 atom stereocenters. The standard InChI is InChI=1S/C14H15N3O2S/c1-2-5-11-13(17-19-16-11)15-14(18)10-8-20-12-7-4-3-6-9(10)12/h3-4,6-7,10H,2,5,8H2,1H3,(H,15,17,18). The summed E-state index contributed by atoms with van der Waals surface area (Å²) in [6, 6.07) is 8.01. The van der Waals surface area contributed by atoms with Gasteiger partial charge in [-0.25, -0.2) is 4.63 Å². The summed E-state index contributed by atoms with van der Waals surface area (Å²) < 4.78 is 4.71. The SMILES string of the molecule is CCCc1nonc1NC(=O)C1CSc2ccccc21. The van der Waals surface area contributed by atoms with Crippen LogP contribution in [0.1, 0.15) is 30.5 Å². The van der Waals surface area contributed by atoms with Crippen molar-refractivity contribution in [3.63, 3.8) is 0 Å². The Morgan fingerprint density at radius 1 is 1.45 bits per heavy atom. The minimum absolute atomic E-state index is 0.0458. The van der Waals surface area contributed by atoms with Crippen LogP contribution < -0.4 is 5.32 Å². The Bertz CT molecular complexity index is 626. The van der Waals surface area contributed by atoms with Gasteiger partial charge >= 0.3 is 0 Å². The van der Waals surface area contributed by atoms with Crippen LogP contribution >= 0.6 is 11.8 Å². The number of fused-ring (bicyclic) bond motifs is 1. The van der Waals surface area contributed by atoms with Gasteiger partial charge in [0.1, 0.15) is 5.69 Å². The van der Waals surface area contributed by atoms with E-state index in [0.29, 0.717) is 11.5 Å². The first-order chi connectivity index (χ1) is 9.79. The molecule has 0 bridgehead atoms. The number of hydrogen-bond donors (Lipinski definition) is 1. The van der Waals surface area contributed by atoms with E-state index in [1.807, 2.05) is 31.2 Å². The summed E-state index contributed by atoms with van der Waals surface area (Å²) >= 11 is 1.71. The van der Waals surface area contributed by atoms with Crippen LogP contribution in [-0.2, 0) is 11.2 Å². The van der Waals surface area contributed by atoms with Crippen LogP contribution in [-0.4, -0.2) is 22.0 Å². The molecule has 3 rings (SSSR count). The molecule has 0 aliphatic carbocycles. The summed E-state index contributed by atoms with van der Waals surface area (Å²) in [5, 5.41) is 10.4. The highest BCUT2D eigenvalue weighted by molar-refractivity contribution is 7.99. The number of nitrogens with zero attached hydrogens (tertiary/aromatic N) is 2. The third-order valence-electron chi connectivity index (χ3n) is 3.30. The van der Waals surface area contributed by atoms with Crippen molar-refractivity contribution < 1.29 is 9.42 Å². The smallest absolute Gasteiger partial charge is 0.234 e. The first kappa shape index (κ1) is 13.2. The molecule has 1 N–H and O–H groups in total. The summed E-state index contributed by atoms with van der Waals surface area (Å²) in [6.07, 6.45) is 1.67. The first-order valence-electron chi connectivity index (χ1n) is 6.63. The number of thioether (sulfide) groups is 1. The number of aryl methyl sites for hydroxylation is 1. The van der Waals surface area contributed by atoms with Crippen molar-refractivity contribution in [3.8, 4) is 0 Å². The number of rotatable bonds is 4. The van der Waals surface area contributed by atoms with Gasteiger partial charge in [0.15, 0.2) is 0 Å². The first-order valence-corrected chi connectivity index (χ1v) is 7.62. The molecule has 20 heavy (non-hydrogen) atoms. The zero-order valence-corrected chi connectivity index (χ0v) is 11.9. The summed E-state index contributed by atoms with van der Waals surface area (Å²) in [4.78, 5) is 13.6. The highest BCUT2D eigenvalue weighted by Crippen LogP contribution is 2.39. The van der Waals surface area contributed by atoms with Crippen LogP contribution in [0.3, 0.4) is 0 Å². The molecule has 6 heteroatoms. The van der Waals surface area contributed by atoms with Gasteiger partial charge in [0.2, 0.25) is 11.7 Å². The topological polar surface area (TPSA) is 68.0 Å². The molecule has 0 saturated heterocycles. The van der Waals surface area contributed by atoms with E-state index in [2.05, 4.69) is 15.6 Å². The number of anilines is 1. The lowest BCUT2D eigenvalue weighted by molar-refractivity contribution is -0.117. The second-order valence-electron chi connectivity index (χ2n) is 4.70. The van der Waals surface area contributed by atoms with E-state index >= 15 is 0 Å². The van der Waals surface area contributed by atoms with Gasteiger partial charge in [-0.15, -0.1) is 11.8 Å². The average Bonchev–Trinajstić information content (AvgIpc) is 3.06. The van der Waals surface area contributed by atoms with Gasteiger partial charge < -0.3 is 5.32 Å². The van der Waals surface area contributed by atoms with Crippen LogP contribution in [0.2, 0.25) is 0 Å². The third-order valence-corrected chi connectivity index (χ3v) is 4.48. The predicted molar refractivity (Wildman–Crippen MR) is 76.8 cm³/mol. The molecule has 1 aliphatic heterocycles. The van der Waals surface area contributed by atoms with Crippen molar-refractivity contribution in [2.75, 3.05) is 11.1 Å². The molecule has 104 valence electrons. The number of hydrogen-bond acceptors (Lipinski definition) is 5. The van der Waals surface area contributed by atoms with Crippen molar-refractivity contribution in [1.29, 1.82) is 0 Å². The van der Waals surface area contributed by atoms with Crippen molar-refractivity contribution >= 4 is 23.5 Å². The number of aromatic nitrogens is 2. The van der Waals surface area contributed by atoms with E-state index in [9.17, 15) is 4.79 Å². The molecule has 0 fully saturated rings. The molecule has 0 spiro atoms. The molecule has 1 aromatic carbocycles. The van der Waals surface area contributed by atoms with Crippen molar-refractivity contribution in [1.82, 2.24) is 10.3 Å². The van der Waals surface area contributed by atoms with Crippen molar-refractivity contribution in [3.05, 3.63) is 35.5 Å². The summed E-state index contributed by atoms with van der Waals surface area (Å²) in [5.74, 6) is 1.03. The largest absolute Gasteiger partial charge is 0.306 e. The summed E-state index contributed by atoms with van der Waals surface area (Å²) in [7, 11) is 0. The maximum atomic E-state index is 12.4. The second-order valence-corrected chi connectivity index (χ2v) is 5.76. The van der Waals surface area contributed by atoms with Gasteiger partial charge in [0.25, 0.3) is 0 Å². The molecule has 1 unspecified atom stereocenters. The number of carbonyl (C=O) groups excluding carboxylic acids is 1. The molecule has 0 saturated carbocycles. The normalized spacial score (nSPS) is 16.9. The quantitative estimate of drug-likeness (QED) is 0.937. The molecule has 1 amide bonds. The van der Waals surface area contributed by atoms with Crippen LogP contribution in [0.25, 0.3) is 0 Å². The Morgan fingerprint density at radius 2 is 2.30 bits per heavy atom. The van der Waals surface area contributed by atoms with Crippen LogP contribution in [0.5, 0.6) is 0 Å². The molecular weight excluding hydrogens is 274 g/mol. The minimum atomic E-state index is -0.137. The zero-order valence-electron chi connectivity index (χ0n) is 11.1. The molecule has 1 aromatic heterocycles. The fraction of sp³-hybridized carbons (Fsp3) is 0.357. The predicted octanol–water partition coefficient (Wildman–Crippen LogP) is 2.85. The van der Waals surface area contributed by atoms with Crippen LogP contribution in [0, 0.1) is 0 Å². The molecule has 2 heterocycles. The number of benzene rings is 1. The van der Waals surface area contributed by atoms with Gasteiger partial charge in [-0.3, -0.25) is 4.79 Å². The van der Waals surface area contributed by atoms with E-state index in [1.54, 1.807) is 11.8 Å². The third kappa shape index (κ3) is 2.43. The average molecular weight is 289 g/mol. The van der Waals surface area contributed by atoms with Crippen molar-refractivity contribution in [2.24, 2.45) is 0 Å². The number of nitrogens with one attached hydrogen (secondary N) is 1. The Kier molecular flexibility index (Phi) is 3.73. The Morgan fingerprint density at radius 3 is 3.15 bits per heavy atom. The zero-order chi connectivity index (χ0) is 13.9. The van der Waals surface area contributed by atoms with Gasteiger partial charge in [-0.1, -0.05) is 36.7 Å². The van der Waals surface area contributed by atoms with E-state index < -0.39 is 0 Å². The Balaban J connectivity index is 1.76. The molecule has 5 nitrogen and oxygen atoms in total. The molecule has 0 radical (unpaired) electrons. The van der Waals surface area contributed by atoms with E-state index in [0.717, 1.165) is 24.2 Å². The minimum Gasteiger partial charge on any atom is -0.306 e. The fourth-order valence-electron chi connectivity index (χ4n) is 2.29. The lowest BCUT2D eigenvalue weighted by Gasteiger charge is -2.10. The van der Waals surface area contributed by atoms with Gasteiger partial charge in [-0.05, 0) is 23.2 Å². The van der Waals surface area contributed by atoms with Gasteiger partial charge in [0, 0.05) is 10.6 Å². The van der Waals surface area contributed by atoms with Crippen LogP contribution in [0.4, 0.5) is 5.82 Å². The lowest BCUT2D eigenvalue weighted by atomic mass is 10.0. The summed E-state index contributed by atoms with van der Waals surface area (Å²) in [6.45, 7) is 2.05. The number of amides is 1. The highest BCUT2D eigenvalue weighted by Gasteiger charge is 2.30. The maximum Gasteiger partial charge on any atom is 0.234 e. The Labute approximate surface area is 121 Å². The van der Waals surface area contributed by atoms with E-state index in [1.165, 1.54) is 4.90 Å². The molecule has 2 aromatic rings. The van der Waals surface area contributed by atoms with Crippen LogP contribution in [0.15, 0.2) is 33.8 Å². The molecule has 1 aliphatic rings.